The van der Waals surface area contributed by atoms with Gasteiger partial charge in [0.1, 0.15) is 0 Å². The van der Waals surface area contributed by atoms with E-state index in [2.05, 4.69) is 10.6 Å². The predicted octanol–water partition coefficient (Wildman–Crippen LogP) is 3.44. The number of nitrogens with one attached hydrogen (secondary N) is 2. The van der Waals surface area contributed by atoms with E-state index in [4.69, 9.17) is 0 Å². The molecule has 1 saturated heterocycles. The average molecular weight is 472 g/mol. The third-order valence-electron chi connectivity index (χ3n) is 5.82. The summed E-state index contributed by atoms with van der Waals surface area (Å²) in [6.45, 7) is 3.14. The number of hydrogen-bond donors (Lipinski definition) is 2. The van der Waals surface area contributed by atoms with Gasteiger partial charge in [0.2, 0.25) is 15.9 Å². The van der Waals surface area contributed by atoms with Crippen molar-refractivity contribution in [3.63, 3.8) is 0 Å². The first-order valence-electron chi connectivity index (χ1n) is 11.6. The molecule has 1 atom stereocenters. The van der Waals surface area contributed by atoms with Crippen molar-refractivity contribution in [1.82, 2.24) is 9.62 Å². The van der Waals surface area contributed by atoms with Crippen LogP contribution in [-0.2, 0) is 21.2 Å². The Hall–Kier alpha value is -2.71. The normalized spacial score (nSPS) is 16.8. The zero-order chi connectivity index (χ0) is 23.7. The molecule has 0 aromatic heterocycles. The molecule has 0 radical (unpaired) electrons. The summed E-state index contributed by atoms with van der Waals surface area (Å²) in [5.41, 5.74) is 1.96. The molecule has 2 aromatic rings. The summed E-state index contributed by atoms with van der Waals surface area (Å²) in [5.74, 6) is -0.875. The smallest absolute Gasteiger partial charge is 0.253 e. The van der Waals surface area contributed by atoms with Crippen LogP contribution in [0.3, 0.4) is 0 Å². The maximum absolute atomic E-state index is 13.0. The van der Waals surface area contributed by atoms with E-state index in [1.165, 1.54) is 4.31 Å². The van der Waals surface area contributed by atoms with Gasteiger partial charge in [-0.25, -0.2) is 12.7 Å². The number of amides is 2. The summed E-state index contributed by atoms with van der Waals surface area (Å²) in [6, 6.07) is 16.7. The summed E-state index contributed by atoms with van der Waals surface area (Å²) in [6.07, 6.45) is 3.31. The van der Waals surface area contributed by atoms with E-state index in [-0.39, 0.29) is 24.1 Å². The molecule has 0 unspecified atom stereocenters. The van der Waals surface area contributed by atoms with E-state index in [1.54, 1.807) is 24.3 Å². The molecule has 2 N–H and O–H groups in total. The van der Waals surface area contributed by atoms with Crippen molar-refractivity contribution in [1.29, 1.82) is 0 Å². The van der Waals surface area contributed by atoms with E-state index in [9.17, 15) is 18.0 Å². The first-order chi connectivity index (χ1) is 15.9. The van der Waals surface area contributed by atoms with Crippen LogP contribution in [0.15, 0.2) is 54.6 Å². The largest absolute Gasteiger partial charge is 0.352 e. The molecule has 1 aliphatic heterocycles. The van der Waals surface area contributed by atoms with Crippen LogP contribution < -0.4 is 10.6 Å². The second-order valence-corrected chi connectivity index (χ2v) is 10.5. The second kappa shape index (κ2) is 12.0. The fraction of sp³-hybridized carbons (Fsp3) is 0.440. The lowest BCUT2D eigenvalue weighted by molar-refractivity contribution is -0.120. The van der Waals surface area contributed by atoms with Gasteiger partial charge in [0, 0.05) is 19.6 Å². The Balaban J connectivity index is 1.58. The van der Waals surface area contributed by atoms with E-state index in [0.717, 1.165) is 12.0 Å². The first-order valence-corrected chi connectivity index (χ1v) is 13.2. The summed E-state index contributed by atoms with van der Waals surface area (Å²) in [7, 11) is -3.44. The number of rotatable bonds is 10. The lowest BCUT2D eigenvalue weighted by Crippen LogP contribution is -2.44. The van der Waals surface area contributed by atoms with Crippen LogP contribution in [0.1, 0.15) is 48.5 Å². The van der Waals surface area contributed by atoms with E-state index in [1.807, 2.05) is 37.3 Å². The molecule has 0 bridgehead atoms. The Kier molecular flexibility index (Phi) is 9.03. The lowest BCUT2D eigenvalue weighted by Gasteiger charge is -2.31. The van der Waals surface area contributed by atoms with Crippen LogP contribution in [0, 0.1) is 5.92 Å². The number of aryl methyl sites for hydroxylation is 1. The zero-order valence-corrected chi connectivity index (χ0v) is 19.9. The molecule has 7 nitrogen and oxygen atoms in total. The Morgan fingerprint density at radius 2 is 1.79 bits per heavy atom. The Morgan fingerprint density at radius 1 is 1.06 bits per heavy atom. The van der Waals surface area contributed by atoms with Crippen molar-refractivity contribution in [2.45, 2.75) is 39.0 Å². The van der Waals surface area contributed by atoms with Crippen molar-refractivity contribution in [2.24, 2.45) is 5.92 Å². The summed E-state index contributed by atoms with van der Waals surface area (Å²) < 4.78 is 27.2. The molecule has 0 saturated carbocycles. The topological polar surface area (TPSA) is 95.6 Å². The van der Waals surface area contributed by atoms with Gasteiger partial charge >= 0.3 is 0 Å². The molecule has 8 heteroatoms. The quantitative estimate of drug-likeness (QED) is 0.555. The van der Waals surface area contributed by atoms with Gasteiger partial charge in [0.15, 0.2) is 0 Å². The highest BCUT2D eigenvalue weighted by Gasteiger charge is 2.32. The van der Waals surface area contributed by atoms with E-state index >= 15 is 0 Å². The number of carbonyl (C=O) groups is 2. The number of benzene rings is 2. The van der Waals surface area contributed by atoms with Gasteiger partial charge in [-0.3, -0.25) is 9.59 Å². The minimum absolute atomic E-state index is 0.0661. The van der Waals surface area contributed by atoms with Crippen molar-refractivity contribution < 1.29 is 18.0 Å². The lowest BCUT2D eigenvalue weighted by atomic mass is 9.98. The molecule has 1 fully saturated rings. The van der Waals surface area contributed by atoms with Crippen molar-refractivity contribution in [2.75, 3.05) is 30.7 Å². The second-order valence-electron chi connectivity index (χ2n) is 8.39. The van der Waals surface area contributed by atoms with E-state index in [0.29, 0.717) is 50.0 Å². The maximum Gasteiger partial charge on any atom is 0.253 e. The van der Waals surface area contributed by atoms with Gasteiger partial charge in [-0.05, 0) is 49.8 Å². The van der Waals surface area contributed by atoms with Gasteiger partial charge in [0.25, 0.3) is 5.91 Å². The maximum atomic E-state index is 13.0. The van der Waals surface area contributed by atoms with Crippen LogP contribution >= 0.6 is 0 Å². The molecule has 2 aromatic carbocycles. The molecule has 1 aliphatic rings. The third-order valence-corrected chi connectivity index (χ3v) is 7.75. The van der Waals surface area contributed by atoms with Crippen molar-refractivity contribution in [3.05, 3.63) is 65.7 Å². The molecule has 3 rings (SSSR count). The minimum Gasteiger partial charge on any atom is -0.352 e. The number of para-hydroxylation sites is 1. The van der Waals surface area contributed by atoms with E-state index < -0.39 is 15.9 Å². The minimum atomic E-state index is -3.44. The molecule has 0 spiro atoms. The molecule has 33 heavy (non-hydrogen) atoms. The first kappa shape index (κ1) is 24.9. The predicted molar refractivity (Wildman–Crippen MR) is 131 cm³/mol. The fourth-order valence-corrected chi connectivity index (χ4v) is 5.58. The summed E-state index contributed by atoms with van der Waals surface area (Å²) in [5, 5.41) is 5.68. The molecule has 178 valence electrons. The van der Waals surface area contributed by atoms with Crippen molar-refractivity contribution >= 4 is 27.5 Å². The molecule has 2 amide bonds. The zero-order valence-electron chi connectivity index (χ0n) is 19.1. The number of hydrogen-bond acceptors (Lipinski definition) is 4. The highest BCUT2D eigenvalue weighted by atomic mass is 32.2. The van der Waals surface area contributed by atoms with Gasteiger partial charge in [0.05, 0.1) is 22.9 Å². The number of nitrogens with zero attached hydrogens (tertiary/aromatic N) is 1. The molecular formula is C25H33N3O4S. The fourth-order valence-electron chi connectivity index (χ4n) is 4.00. The Labute approximate surface area is 196 Å². The number of anilines is 1. The third kappa shape index (κ3) is 7.14. The van der Waals surface area contributed by atoms with Gasteiger partial charge < -0.3 is 10.6 Å². The molecular weight excluding hydrogens is 438 g/mol. The monoisotopic (exact) mass is 471 g/mol. The Bertz CT molecular complexity index is 1040. The van der Waals surface area contributed by atoms with Gasteiger partial charge in [-0.1, -0.05) is 49.4 Å². The molecule has 0 aliphatic carbocycles. The average Bonchev–Trinajstić information content (AvgIpc) is 2.83. The van der Waals surface area contributed by atoms with Crippen LogP contribution in [0.2, 0.25) is 0 Å². The van der Waals surface area contributed by atoms with Gasteiger partial charge in [-0.15, -0.1) is 0 Å². The summed E-state index contributed by atoms with van der Waals surface area (Å²) in [4.78, 5) is 25.4. The number of carbonyl (C=O) groups excluding carboxylic acids is 2. The Morgan fingerprint density at radius 3 is 2.55 bits per heavy atom. The summed E-state index contributed by atoms with van der Waals surface area (Å²) >= 11 is 0. The standard InChI is InChI=1S/C25H33N3O4S/c1-2-16-26-25(30)22-14-6-7-15-23(22)27-24(29)21-13-8-17-28(19-21)33(31,32)18-9-12-20-10-4-3-5-11-20/h3-7,10-11,14-15,21H,2,8-9,12-13,16-19H2,1H3,(H,26,30)(H,27,29)/t21-/m0/s1. The van der Waals surface area contributed by atoms with Crippen LogP contribution in [0.5, 0.6) is 0 Å². The van der Waals surface area contributed by atoms with Crippen LogP contribution in [-0.4, -0.2) is 49.9 Å². The van der Waals surface area contributed by atoms with Gasteiger partial charge in [-0.2, -0.15) is 0 Å². The SMILES string of the molecule is CCCNC(=O)c1ccccc1NC(=O)[C@H]1CCCN(S(=O)(=O)CCCc2ccccc2)C1. The van der Waals surface area contributed by atoms with Crippen LogP contribution in [0.25, 0.3) is 0 Å². The highest BCUT2D eigenvalue weighted by Crippen LogP contribution is 2.23. The van der Waals surface area contributed by atoms with Crippen LogP contribution in [0.4, 0.5) is 5.69 Å². The number of sulfonamides is 1. The molecule has 1 heterocycles. The number of piperidine rings is 1. The van der Waals surface area contributed by atoms with Crippen molar-refractivity contribution in [3.8, 4) is 0 Å². The highest BCUT2D eigenvalue weighted by molar-refractivity contribution is 7.89.